The lowest BCUT2D eigenvalue weighted by Gasteiger charge is -2.31. The summed E-state index contributed by atoms with van der Waals surface area (Å²) in [5.74, 6) is 1.17. The molecule has 120 valence electrons. The Bertz CT molecular complexity index is 663. The van der Waals surface area contributed by atoms with Gasteiger partial charge in [0.25, 0.3) is 0 Å². The van der Waals surface area contributed by atoms with Gasteiger partial charge in [-0.2, -0.15) is 0 Å². The number of aromatic nitrogens is 2. The molecular weight excluding hydrogens is 292 g/mol. The van der Waals surface area contributed by atoms with Crippen molar-refractivity contribution in [2.45, 2.75) is 18.8 Å². The molecule has 0 aliphatic carbocycles. The van der Waals surface area contributed by atoms with Gasteiger partial charge >= 0.3 is 0 Å². The third-order valence-corrected chi connectivity index (χ3v) is 3.90. The van der Waals surface area contributed by atoms with Crippen molar-refractivity contribution in [1.82, 2.24) is 14.9 Å². The Morgan fingerprint density at radius 3 is 2.91 bits per heavy atom. The lowest BCUT2D eigenvalue weighted by molar-refractivity contribution is -0.119. The second kappa shape index (κ2) is 7.19. The molecule has 6 nitrogen and oxygen atoms in total. The number of carbonyl (C=O) groups is 1. The normalized spacial score (nSPS) is 18.5. The average molecular weight is 312 g/mol. The molecule has 2 heterocycles. The van der Waals surface area contributed by atoms with E-state index in [1.54, 1.807) is 12.4 Å². The fourth-order valence-electron chi connectivity index (χ4n) is 2.88. The van der Waals surface area contributed by atoms with Gasteiger partial charge in [0.15, 0.2) is 0 Å². The van der Waals surface area contributed by atoms with Crippen LogP contribution in [0.25, 0.3) is 0 Å². The number of hydrogen-bond donors (Lipinski definition) is 1. The summed E-state index contributed by atoms with van der Waals surface area (Å²) >= 11 is 0. The zero-order valence-corrected chi connectivity index (χ0v) is 12.9. The van der Waals surface area contributed by atoms with E-state index < -0.39 is 0 Å². The van der Waals surface area contributed by atoms with Crippen LogP contribution in [0.4, 0.5) is 0 Å². The Kier molecular flexibility index (Phi) is 4.83. The Balaban J connectivity index is 1.70. The number of nitrogens with two attached hydrogens (primary N) is 1. The molecule has 23 heavy (non-hydrogen) atoms. The largest absolute Gasteiger partial charge is 0.437 e. The summed E-state index contributed by atoms with van der Waals surface area (Å²) in [6.45, 7) is 1.96. The van der Waals surface area contributed by atoms with E-state index in [-0.39, 0.29) is 11.8 Å². The molecule has 1 fully saturated rings. The molecule has 1 saturated heterocycles. The minimum Gasteiger partial charge on any atom is -0.437 e. The van der Waals surface area contributed by atoms with E-state index in [1.165, 1.54) is 0 Å². The van der Waals surface area contributed by atoms with E-state index >= 15 is 0 Å². The van der Waals surface area contributed by atoms with E-state index in [1.807, 2.05) is 30.3 Å². The summed E-state index contributed by atoms with van der Waals surface area (Å²) in [6.07, 6.45) is 5.43. The molecule has 6 heteroatoms. The lowest BCUT2D eigenvalue weighted by Crippen LogP contribution is -2.40. The maximum Gasteiger partial charge on any atom is 0.238 e. The first-order valence-corrected chi connectivity index (χ1v) is 7.76. The maximum atomic E-state index is 11.1. The van der Waals surface area contributed by atoms with Gasteiger partial charge in [-0.15, -0.1) is 0 Å². The molecule has 1 aliphatic heterocycles. The summed E-state index contributed by atoms with van der Waals surface area (Å²) in [5, 5.41) is 0. The highest BCUT2D eigenvalue weighted by Gasteiger charge is 2.23. The minimum absolute atomic E-state index is 0.245. The van der Waals surface area contributed by atoms with Crippen LogP contribution in [0.2, 0.25) is 0 Å². The Labute approximate surface area is 135 Å². The molecule has 1 aliphatic rings. The van der Waals surface area contributed by atoms with E-state index in [9.17, 15) is 4.79 Å². The Morgan fingerprint density at radius 2 is 2.13 bits per heavy atom. The van der Waals surface area contributed by atoms with Crippen LogP contribution in [0, 0.1) is 0 Å². The molecule has 1 aromatic carbocycles. The van der Waals surface area contributed by atoms with Crippen molar-refractivity contribution in [2.24, 2.45) is 5.73 Å². The predicted octanol–water partition coefficient (Wildman–Crippen LogP) is 1.93. The van der Waals surface area contributed by atoms with Crippen molar-refractivity contribution in [2.75, 3.05) is 19.6 Å². The summed E-state index contributed by atoms with van der Waals surface area (Å²) < 4.78 is 5.74. The van der Waals surface area contributed by atoms with Crippen LogP contribution >= 0.6 is 0 Å². The monoisotopic (exact) mass is 312 g/mol. The fraction of sp³-hybridized carbons (Fsp3) is 0.353. The smallest absolute Gasteiger partial charge is 0.238 e. The SMILES string of the molecule is NC(=O)CN1CCCC(c2cncc(Oc3ccccc3)n2)C1. The van der Waals surface area contributed by atoms with Crippen LogP contribution in [-0.4, -0.2) is 40.4 Å². The van der Waals surface area contributed by atoms with E-state index in [4.69, 9.17) is 10.5 Å². The van der Waals surface area contributed by atoms with E-state index in [0.717, 1.165) is 37.4 Å². The number of nitrogens with zero attached hydrogens (tertiary/aromatic N) is 3. The molecule has 1 atom stereocenters. The molecule has 1 aromatic heterocycles. The van der Waals surface area contributed by atoms with Crippen molar-refractivity contribution >= 4 is 5.91 Å². The number of hydrogen-bond acceptors (Lipinski definition) is 5. The zero-order valence-electron chi connectivity index (χ0n) is 12.9. The number of rotatable bonds is 5. The second-order valence-electron chi connectivity index (χ2n) is 5.74. The van der Waals surface area contributed by atoms with Gasteiger partial charge in [0, 0.05) is 18.7 Å². The summed E-state index contributed by atoms with van der Waals surface area (Å²) in [5.41, 5.74) is 6.18. The third-order valence-electron chi connectivity index (χ3n) is 3.90. The van der Waals surface area contributed by atoms with Gasteiger partial charge in [-0.05, 0) is 31.5 Å². The van der Waals surface area contributed by atoms with Crippen LogP contribution in [0.5, 0.6) is 11.6 Å². The topological polar surface area (TPSA) is 81.3 Å². The molecule has 1 unspecified atom stereocenters. The van der Waals surface area contributed by atoms with Gasteiger partial charge in [-0.3, -0.25) is 14.7 Å². The first kappa shape index (κ1) is 15.4. The van der Waals surface area contributed by atoms with Gasteiger partial charge < -0.3 is 10.5 Å². The number of likely N-dealkylation sites (tertiary alicyclic amines) is 1. The van der Waals surface area contributed by atoms with E-state index in [2.05, 4.69) is 14.9 Å². The highest BCUT2D eigenvalue weighted by Crippen LogP contribution is 2.27. The standard InChI is InChI=1S/C17H20N4O2/c18-16(22)12-21-8-4-5-13(11-21)15-9-19-10-17(20-15)23-14-6-2-1-3-7-14/h1-3,6-7,9-10,13H,4-5,8,11-12H2,(H2,18,22). The van der Waals surface area contributed by atoms with E-state index in [0.29, 0.717) is 12.4 Å². The van der Waals surface area contributed by atoms with Crippen LogP contribution in [-0.2, 0) is 4.79 Å². The highest BCUT2D eigenvalue weighted by atomic mass is 16.5. The quantitative estimate of drug-likeness (QED) is 0.912. The molecule has 2 aromatic rings. The fourth-order valence-corrected chi connectivity index (χ4v) is 2.88. The molecule has 0 spiro atoms. The minimum atomic E-state index is -0.294. The molecule has 0 radical (unpaired) electrons. The number of piperidine rings is 1. The van der Waals surface area contributed by atoms with Crippen LogP contribution in [0.1, 0.15) is 24.5 Å². The first-order chi connectivity index (χ1) is 11.2. The average Bonchev–Trinajstić information content (AvgIpc) is 2.56. The number of ether oxygens (including phenoxy) is 1. The summed E-state index contributed by atoms with van der Waals surface area (Å²) in [4.78, 5) is 22.0. The number of amides is 1. The molecule has 0 bridgehead atoms. The van der Waals surface area contributed by atoms with Crippen LogP contribution in [0.15, 0.2) is 42.7 Å². The number of para-hydroxylation sites is 1. The molecule has 1 amide bonds. The molecular formula is C17H20N4O2. The molecule has 2 N–H and O–H groups in total. The van der Waals surface area contributed by atoms with Crippen LogP contribution < -0.4 is 10.5 Å². The van der Waals surface area contributed by atoms with Crippen molar-refractivity contribution < 1.29 is 9.53 Å². The lowest BCUT2D eigenvalue weighted by atomic mass is 9.95. The van der Waals surface area contributed by atoms with Gasteiger partial charge in [0.1, 0.15) is 5.75 Å². The van der Waals surface area contributed by atoms with Gasteiger partial charge in [0.2, 0.25) is 11.8 Å². The third kappa shape index (κ3) is 4.26. The molecule has 3 rings (SSSR count). The highest BCUT2D eigenvalue weighted by molar-refractivity contribution is 5.75. The number of carbonyl (C=O) groups excluding carboxylic acids is 1. The van der Waals surface area contributed by atoms with Crippen LogP contribution in [0.3, 0.4) is 0 Å². The van der Waals surface area contributed by atoms with Crippen molar-refractivity contribution in [3.63, 3.8) is 0 Å². The van der Waals surface area contributed by atoms with Gasteiger partial charge in [0.05, 0.1) is 18.4 Å². The second-order valence-corrected chi connectivity index (χ2v) is 5.74. The number of primary amides is 1. The van der Waals surface area contributed by atoms with Gasteiger partial charge in [-0.1, -0.05) is 18.2 Å². The Morgan fingerprint density at radius 1 is 1.30 bits per heavy atom. The summed E-state index contributed by atoms with van der Waals surface area (Å²) in [6, 6.07) is 9.52. The predicted molar refractivity (Wildman–Crippen MR) is 86.2 cm³/mol. The molecule has 0 saturated carbocycles. The van der Waals surface area contributed by atoms with Crippen molar-refractivity contribution in [3.05, 3.63) is 48.4 Å². The van der Waals surface area contributed by atoms with Gasteiger partial charge in [-0.25, -0.2) is 4.98 Å². The first-order valence-electron chi connectivity index (χ1n) is 7.76. The zero-order chi connectivity index (χ0) is 16.1. The maximum absolute atomic E-state index is 11.1. The number of benzene rings is 1. The summed E-state index contributed by atoms with van der Waals surface area (Å²) in [7, 11) is 0. The van der Waals surface area contributed by atoms with Crippen molar-refractivity contribution in [1.29, 1.82) is 0 Å². The van der Waals surface area contributed by atoms with Crippen molar-refractivity contribution in [3.8, 4) is 11.6 Å². The Hall–Kier alpha value is -2.47.